The number of nitrogens with zero attached hydrogens (tertiary/aromatic N) is 1. The Kier molecular flexibility index (Phi) is 7.94. The molecular formula is C23H29NO2. The summed E-state index contributed by atoms with van der Waals surface area (Å²) in [5.74, 6) is -0.181. The van der Waals surface area contributed by atoms with Gasteiger partial charge in [-0.25, -0.2) is 0 Å². The van der Waals surface area contributed by atoms with E-state index < -0.39 is 0 Å². The van der Waals surface area contributed by atoms with Gasteiger partial charge < -0.3 is 10.0 Å². The largest absolute Gasteiger partial charge is 0.507 e. The van der Waals surface area contributed by atoms with Crippen molar-refractivity contribution in [3.8, 4) is 5.75 Å². The lowest BCUT2D eigenvalue weighted by atomic mass is 10.1. The molecule has 138 valence electrons. The van der Waals surface area contributed by atoms with Crippen molar-refractivity contribution < 1.29 is 9.90 Å². The number of benzene rings is 2. The molecule has 26 heavy (non-hydrogen) atoms. The smallest absolute Gasteiger partial charge is 0.189 e. The van der Waals surface area contributed by atoms with Gasteiger partial charge in [-0.1, -0.05) is 57.0 Å². The first-order valence-corrected chi connectivity index (χ1v) is 9.51. The number of aromatic hydroxyl groups is 1. The molecule has 0 amide bonds. The van der Waals surface area contributed by atoms with E-state index in [9.17, 15) is 9.90 Å². The second kappa shape index (κ2) is 10.4. The molecule has 0 unspecified atom stereocenters. The van der Waals surface area contributed by atoms with Crippen molar-refractivity contribution in [3.63, 3.8) is 0 Å². The first kappa shape index (κ1) is 19.8. The van der Waals surface area contributed by atoms with Crippen LogP contribution in [0.4, 0.5) is 5.69 Å². The fraction of sp³-hybridized carbons (Fsp3) is 0.348. The molecule has 0 radical (unpaired) electrons. The summed E-state index contributed by atoms with van der Waals surface area (Å²) in [5.41, 5.74) is 2.53. The highest BCUT2D eigenvalue weighted by Crippen LogP contribution is 2.19. The number of phenols is 1. The Balaban J connectivity index is 2.05. The van der Waals surface area contributed by atoms with E-state index in [-0.39, 0.29) is 11.5 Å². The SMILES string of the molecule is CCCCN(CCCC)c1ccc(/C=C/C(=O)c2ccccc2O)cc1. The molecule has 0 atom stereocenters. The van der Waals surface area contributed by atoms with E-state index in [1.165, 1.54) is 43.5 Å². The number of anilines is 1. The van der Waals surface area contributed by atoms with Crippen molar-refractivity contribution in [2.24, 2.45) is 0 Å². The zero-order valence-electron chi connectivity index (χ0n) is 15.8. The third-order valence-electron chi connectivity index (χ3n) is 4.42. The van der Waals surface area contributed by atoms with Gasteiger partial charge in [0.15, 0.2) is 5.78 Å². The van der Waals surface area contributed by atoms with E-state index in [4.69, 9.17) is 0 Å². The number of carbonyl (C=O) groups is 1. The molecule has 0 spiro atoms. The number of ketones is 1. The summed E-state index contributed by atoms with van der Waals surface area (Å²) in [5, 5.41) is 9.76. The Hall–Kier alpha value is -2.55. The molecule has 0 aliphatic heterocycles. The van der Waals surface area contributed by atoms with E-state index in [0.29, 0.717) is 5.56 Å². The van der Waals surface area contributed by atoms with E-state index in [1.54, 1.807) is 24.3 Å². The van der Waals surface area contributed by atoms with E-state index >= 15 is 0 Å². The highest BCUT2D eigenvalue weighted by atomic mass is 16.3. The van der Waals surface area contributed by atoms with Crippen molar-refractivity contribution in [2.45, 2.75) is 39.5 Å². The molecular weight excluding hydrogens is 322 g/mol. The summed E-state index contributed by atoms with van der Waals surface area (Å²) < 4.78 is 0. The van der Waals surface area contributed by atoms with Crippen LogP contribution in [0.1, 0.15) is 55.5 Å². The Morgan fingerprint density at radius 2 is 1.58 bits per heavy atom. The maximum atomic E-state index is 12.2. The Labute approximate surface area is 157 Å². The lowest BCUT2D eigenvalue weighted by Gasteiger charge is -2.24. The Morgan fingerprint density at radius 3 is 2.15 bits per heavy atom. The van der Waals surface area contributed by atoms with Crippen LogP contribution < -0.4 is 4.90 Å². The average molecular weight is 351 g/mol. The molecule has 3 nitrogen and oxygen atoms in total. The van der Waals surface area contributed by atoms with Gasteiger partial charge in [-0.05, 0) is 48.7 Å². The topological polar surface area (TPSA) is 40.5 Å². The van der Waals surface area contributed by atoms with Gasteiger partial charge in [0.2, 0.25) is 0 Å². The minimum atomic E-state index is -0.195. The summed E-state index contributed by atoms with van der Waals surface area (Å²) in [7, 11) is 0. The van der Waals surface area contributed by atoms with Crippen LogP contribution >= 0.6 is 0 Å². The number of phenolic OH excluding ortho intramolecular Hbond substituents is 1. The van der Waals surface area contributed by atoms with Crippen LogP contribution in [0.15, 0.2) is 54.6 Å². The van der Waals surface area contributed by atoms with Gasteiger partial charge in [0, 0.05) is 18.8 Å². The first-order valence-electron chi connectivity index (χ1n) is 9.51. The number of unbranched alkanes of at least 4 members (excludes halogenated alkanes) is 2. The third-order valence-corrected chi connectivity index (χ3v) is 4.42. The minimum Gasteiger partial charge on any atom is -0.507 e. The third kappa shape index (κ3) is 5.76. The maximum absolute atomic E-state index is 12.2. The molecule has 0 heterocycles. The highest BCUT2D eigenvalue weighted by molar-refractivity contribution is 6.08. The van der Waals surface area contributed by atoms with Crippen molar-refractivity contribution in [1.82, 2.24) is 0 Å². The summed E-state index contributed by atoms with van der Waals surface area (Å²) in [6, 6.07) is 14.9. The molecule has 3 heteroatoms. The van der Waals surface area contributed by atoms with Crippen LogP contribution in [-0.2, 0) is 0 Å². The van der Waals surface area contributed by atoms with Gasteiger partial charge in [0.05, 0.1) is 5.56 Å². The van der Waals surface area contributed by atoms with Crippen LogP contribution in [0, 0.1) is 0 Å². The van der Waals surface area contributed by atoms with Crippen LogP contribution in [0.5, 0.6) is 5.75 Å². The fourth-order valence-corrected chi connectivity index (χ4v) is 2.81. The minimum absolute atomic E-state index is 0.0139. The standard InChI is InChI=1S/C23H29NO2/c1-3-5-17-24(18-6-4-2)20-14-11-19(12-15-20)13-16-23(26)21-9-7-8-10-22(21)25/h7-16,25H,3-6,17-18H2,1-2H3/b16-13+. The van der Waals surface area contributed by atoms with E-state index in [0.717, 1.165) is 18.7 Å². The Morgan fingerprint density at radius 1 is 0.962 bits per heavy atom. The quantitative estimate of drug-likeness (QED) is 0.441. The molecule has 0 fully saturated rings. The molecule has 1 N–H and O–H groups in total. The molecule has 2 aromatic carbocycles. The molecule has 2 rings (SSSR count). The molecule has 2 aromatic rings. The Bertz CT molecular complexity index is 711. The fourth-order valence-electron chi connectivity index (χ4n) is 2.81. The second-order valence-corrected chi connectivity index (χ2v) is 6.50. The number of carbonyl (C=O) groups excluding carboxylic acids is 1. The predicted molar refractivity (Wildman–Crippen MR) is 110 cm³/mol. The zero-order chi connectivity index (χ0) is 18.8. The first-order chi connectivity index (χ1) is 12.7. The second-order valence-electron chi connectivity index (χ2n) is 6.50. The summed E-state index contributed by atoms with van der Waals surface area (Å²) in [6.45, 7) is 6.59. The molecule has 0 aliphatic carbocycles. The highest BCUT2D eigenvalue weighted by Gasteiger charge is 2.07. The molecule has 0 aromatic heterocycles. The van der Waals surface area contributed by atoms with E-state index in [2.05, 4.69) is 30.9 Å². The maximum Gasteiger partial charge on any atom is 0.189 e. The summed E-state index contributed by atoms with van der Waals surface area (Å²) >= 11 is 0. The van der Waals surface area contributed by atoms with Crippen LogP contribution in [0.25, 0.3) is 6.08 Å². The van der Waals surface area contributed by atoms with Crippen molar-refractivity contribution in [1.29, 1.82) is 0 Å². The molecule has 0 bridgehead atoms. The van der Waals surface area contributed by atoms with Crippen LogP contribution in [0.2, 0.25) is 0 Å². The normalized spacial score (nSPS) is 11.0. The van der Waals surface area contributed by atoms with Crippen LogP contribution in [0.3, 0.4) is 0 Å². The number of allylic oxidation sites excluding steroid dienone is 1. The van der Waals surface area contributed by atoms with Gasteiger partial charge in [-0.3, -0.25) is 4.79 Å². The van der Waals surface area contributed by atoms with Gasteiger partial charge >= 0.3 is 0 Å². The predicted octanol–water partition coefficient (Wildman–Crippen LogP) is 5.69. The van der Waals surface area contributed by atoms with Gasteiger partial charge in [-0.15, -0.1) is 0 Å². The van der Waals surface area contributed by atoms with Gasteiger partial charge in [0.1, 0.15) is 5.75 Å². The van der Waals surface area contributed by atoms with E-state index in [1.807, 2.05) is 12.1 Å². The van der Waals surface area contributed by atoms with Crippen molar-refractivity contribution in [3.05, 3.63) is 65.7 Å². The number of rotatable bonds is 10. The van der Waals surface area contributed by atoms with Crippen LogP contribution in [-0.4, -0.2) is 24.0 Å². The monoisotopic (exact) mass is 351 g/mol. The lowest BCUT2D eigenvalue weighted by molar-refractivity contribution is 0.104. The average Bonchev–Trinajstić information content (AvgIpc) is 2.67. The summed E-state index contributed by atoms with van der Waals surface area (Å²) in [6.07, 6.45) is 8.08. The zero-order valence-corrected chi connectivity index (χ0v) is 15.8. The lowest BCUT2D eigenvalue weighted by Crippen LogP contribution is -2.25. The number of hydrogen-bond acceptors (Lipinski definition) is 3. The number of para-hydroxylation sites is 1. The van der Waals surface area contributed by atoms with Gasteiger partial charge in [0.25, 0.3) is 0 Å². The van der Waals surface area contributed by atoms with Crippen molar-refractivity contribution in [2.75, 3.05) is 18.0 Å². The van der Waals surface area contributed by atoms with Crippen molar-refractivity contribution >= 4 is 17.5 Å². The molecule has 0 saturated heterocycles. The number of hydrogen-bond donors (Lipinski definition) is 1. The molecule has 0 aliphatic rings. The summed E-state index contributed by atoms with van der Waals surface area (Å²) in [4.78, 5) is 14.6. The molecule has 0 saturated carbocycles. The van der Waals surface area contributed by atoms with Gasteiger partial charge in [-0.2, -0.15) is 0 Å².